The van der Waals surface area contributed by atoms with E-state index in [2.05, 4.69) is 4.98 Å². The molecule has 0 aliphatic carbocycles. The smallest absolute Gasteiger partial charge is 0.274 e. The number of nitrogens with zero attached hydrogens (tertiary/aromatic N) is 1. The van der Waals surface area contributed by atoms with Crippen LogP contribution in [0.2, 0.25) is 0 Å². The highest BCUT2D eigenvalue weighted by atomic mass is 16.1. The van der Waals surface area contributed by atoms with Crippen molar-refractivity contribution in [1.29, 1.82) is 0 Å². The lowest BCUT2D eigenvalue weighted by Crippen LogP contribution is -2.16. The Morgan fingerprint density at radius 3 is 2.93 bits per heavy atom. The molecule has 2 rings (SSSR count). The minimum Gasteiger partial charge on any atom is -0.364 e. The third kappa shape index (κ3) is 1.10. The van der Waals surface area contributed by atoms with Crippen LogP contribution in [0.5, 0.6) is 0 Å². The molecule has 0 aliphatic rings. The van der Waals surface area contributed by atoms with Crippen molar-refractivity contribution in [3.8, 4) is 0 Å². The molecule has 1 amide bonds. The van der Waals surface area contributed by atoms with E-state index in [1.807, 2.05) is 0 Å². The summed E-state index contributed by atoms with van der Waals surface area (Å²) in [4.78, 5) is 25.1. The molecule has 2 aromatic heterocycles. The Morgan fingerprint density at radius 2 is 2.29 bits per heavy atom. The van der Waals surface area contributed by atoms with Gasteiger partial charge < -0.3 is 15.3 Å². The number of nitrogens with one attached hydrogen (secondary N) is 1. The number of carbonyl (C=O) groups is 1. The average molecular weight is 191 g/mol. The Labute approximate surface area is 79.1 Å². The van der Waals surface area contributed by atoms with Gasteiger partial charge in [0.25, 0.3) is 11.5 Å². The summed E-state index contributed by atoms with van der Waals surface area (Å²) < 4.78 is 1.43. The number of fused-ring (bicyclic) bond motifs is 1. The number of amides is 1. The molecule has 0 aliphatic heterocycles. The van der Waals surface area contributed by atoms with Gasteiger partial charge in [-0.25, -0.2) is 0 Å². The Morgan fingerprint density at radius 1 is 1.57 bits per heavy atom. The van der Waals surface area contributed by atoms with Crippen molar-refractivity contribution in [2.24, 2.45) is 12.8 Å². The van der Waals surface area contributed by atoms with Crippen LogP contribution in [-0.4, -0.2) is 15.5 Å². The van der Waals surface area contributed by atoms with Gasteiger partial charge in [0.05, 0.1) is 0 Å². The Bertz CT molecular complexity index is 565. The predicted octanol–water partition coefficient (Wildman–Crippen LogP) is -0.0345. The Hall–Kier alpha value is -2.04. The van der Waals surface area contributed by atoms with Crippen molar-refractivity contribution in [3.05, 3.63) is 34.4 Å². The molecule has 0 fully saturated rings. The average Bonchev–Trinajstić information content (AvgIpc) is 2.56. The van der Waals surface area contributed by atoms with Gasteiger partial charge in [-0.05, 0) is 12.1 Å². The molecular weight excluding hydrogens is 182 g/mol. The van der Waals surface area contributed by atoms with Crippen molar-refractivity contribution in [2.45, 2.75) is 0 Å². The molecule has 3 N–H and O–H groups in total. The van der Waals surface area contributed by atoms with E-state index in [0.29, 0.717) is 10.9 Å². The van der Waals surface area contributed by atoms with E-state index in [1.54, 1.807) is 25.4 Å². The summed E-state index contributed by atoms with van der Waals surface area (Å²) in [5.41, 5.74) is 5.57. The van der Waals surface area contributed by atoms with Crippen LogP contribution in [-0.2, 0) is 7.05 Å². The van der Waals surface area contributed by atoms with E-state index >= 15 is 0 Å². The number of nitrogens with two attached hydrogens (primary N) is 1. The van der Waals surface area contributed by atoms with E-state index in [0.717, 1.165) is 0 Å². The van der Waals surface area contributed by atoms with Crippen molar-refractivity contribution < 1.29 is 4.79 Å². The molecule has 0 unspecified atom stereocenters. The highest BCUT2D eigenvalue weighted by Crippen LogP contribution is 2.10. The third-order valence-electron chi connectivity index (χ3n) is 2.13. The molecule has 0 atom stereocenters. The normalized spacial score (nSPS) is 10.6. The highest BCUT2D eigenvalue weighted by molar-refractivity contribution is 5.96. The SMILES string of the molecule is Cn1ccc2cc(C(N)=O)[nH]c2c1=O. The van der Waals surface area contributed by atoms with Crippen molar-refractivity contribution in [2.75, 3.05) is 0 Å². The van der Waals surface area contributed by atoms with Gasteiger partial charge in [-0.3, -0.25) is 9.59 Å². The quantitative estimate of drug-likeness (QED) is 0.663. The number of carbonyl (C=O) groups excluding carboxylic acids is 1. The van der Waals surface area contributed by atoms with Crippen LogP contribution < -0.4 is 11.3 Å². The fourth-order valence-electron chi connectivity index (χ4n) is 1.35. The second kappa shape index (κ2) is 2.73. The molecular formula is C9H9N3O2. The van der Waals surface area contributed by atoms with Gasteiger partial charge in [-0.2, -0.15) is 0 Å². The monoisotopic (exact) mass is 191 g/mol. The maximum Gasteiger partial charge on any atom is 0.274 e. The number of rotatable bonds is 1. The molecule has 5 heteroatoms. The van der Waals surface area contributed by atoms with Gasteiger partial charge in [0.1, 0.15) is 11.2 Å². The van der Waals surface area contributed by atoms with E-state index in [9.17, 15) is 9.59 Å². The zero-order valence-corrected chi connectivity index (χ0v) is 7.57. The molecule has 2 heterocycles. The minimum absolute atomic E-state index is 0.171. The summed E-state index contributed by atoms with van der Waals surface area (Å²) in [6.45, 7) is 0. The summed E-state index contributed by atoms with van der Waals surface area (Å²) in [5.74, 6) is -0.566. The van der Waals surface area contributed by atoms with Crippen LogP contribution in [0.25, 0.3) is 10.9 Å². The number of aryl methyl sites for hydroxylation is 1. The van der Waals surface area contributed by atoms with E-state index in [-0.39, 0.29) is 11.3 Å². The number of primary amides is 1. The zero-order valence-electron chi connectivity index (χ0n) is 7.57. The van der Waals surface area contributed by atoms with Crippen LogP contribution in [0, 0.1) is 0 Å². The summed E-state index contributed by atoms with van der Waals surface area (Å²) in [7, 11) is 1.65. The van der Waals surface area contributed by atoms with Gasteiger partial charge >= 0.3 is 0 Å². The van der Waals surface area contributed by atoms with Crippen molar-refractivity contribution in [3.63, 3.8) is 0 Å². The predicted molar refractivity (Wildman–Crippen MR) is 52.1 cm³/mol. The molecule has 2 aromatic rings. The summed E-state index contributed by atoms with van der Waals surface area (Å²) >= 11 is 0. The molecule has 0 aromatic carbocycles. The van der Waals surface area contributed by atoms with E-state index in [1.165, 1.54) is 4.57 Å². The summed E-state index contributed by atoms with van der Waals surface area (Å²) in [6, 6.07) is 3.32. The Balaban J connectivity index is 2.84. The first-order valence-electron chi connectivity index (χ1n) is 4.08. The van der Waals surface area contributed by atoms with Gasteiger partial charge in [0.15, 0.2) is 0 Å². The maximum atomic E-state index is 11.5. The molecule has 72 valence electrons. The molecule has 0 bridgehead atoms. The fourth-order valence-corrected chi connectivity index (χ4v) is 1.35. The Kier molecular flexibility index (Phi) is 1.67. The number of pyridine rings is 1. The van der Waals surface area contributed by atoms with E-state index in [4.69, 9.17) is 5.73 Å². The molecule has 14 heavy (non-hydrogen) atoms. The maximum absolute atomic E-state index is 11.5. The zero-order chi connectivity index (χ0) is 10.3. The molecule has 0 saturated carbocycles. The first-order chi connectivity index (χ1) is 6.59. The largest absolute Gasteiger partial charge is 0.364 e. The molecule has 5 nitrogen and oxygen atoms in total. The number of aromatic nitrogens is 2. The third-order valence-corrected chi connectivity index (χ3v) is 2.13. The standard InChI is InChI=1S/C9H9N3O2/c1-12-3-2-5-4-6(8(10)13)11-7(5)9(12)14/h2-4,11H,1H3,(H2,10,13). The molecule has 0 spiro atoms. The molecule has 0 radical (unpaired) electrons. The number of H-pyrrole nitrogens is 1. The lowest BCUT2D eigenvalue weighted by atomic mass is 10.3. The van der Waals surface area contributed by atoms with Gasteiger partial charge in [-0.15, -0.1) is 0 Å². The lowest BCUT2D eigenvalue weighted by molar-refractivity contribution is 0.0996. The van der Waals surface area contributed by atoms with Gasteiger partial charge in [0, 0.05) is 18.6 Å². The first kappa shape index (κ1) is 8.55. The van der Waals surface area contributed by atoms with Crippen LogP contribution in [0.15, 0.2) is 23.1 Å². The second-order valence-corrected chi connectivity index (χ2v) is 3.11. The summed E-state index contributed by atoms with van der Waals surface area (Å²) in [5, 5.41) is 0.696. The lowest BCUT2D eigenvalue weighted by Gasteiger charge is -1.94. The van der Waals surface area contributed by atoms with Gasteiger partial charge in [-0.1, -0.05) is 0 Å². The highest BCUT2D eigenvalue weighted by Gasteiger charge is 2.08. The van der Waals surface area contributed by atoms with Crippen LogP contribution in [0.1, 0.15) is 10.5 Å². The number of hydrogen-bond acceptors (Lipinski definition) is 2. The van der Waals surface area contributed by atoms with Crippen LogP contribution >= 0.6 is 0 Å². The number of hydrogen-bond donors (Lipinski definition) is 2. The van der Waals surface area contributed by atoms with E-state index < -0.39 is 5.91 Å². The first-order valence-corrected chi connectivity index (χ1v) is 4.08. The topological polar surface area (TPSA) is 80.9 Å². The van der Waals surface area contributed by atoms with Crippen LogP contribution in [0.3, 0.4) is 0 Å². The van der Waals surface area contributed by atoms with Crippen molar-refractivity contribution in [1.82, 2.24) is 9.55 Å². The minimum atomic E-state index is -0.566. The van der Waals surface area contributed by atoms with Crippen LogP contribution in [0.4, 0.5) is 0 Å². The number of aromatic amines is 1. The molecule has 0 saturated heterocycles. The summed E-state index contributed by atoms with van der Waals surface area (Å²) in [6.07, 6.45) is 1.64. The fraction of sp³-hybridized carbons (Fsp3) is 0.111. The second-order valence-electron chi connectivity index (χ2n) is 3.11. The van der Waals surface area contributed by atoms with Crippen molar-refractivity contribution >= 4 is 16.8 Å². The van der Waals surface area contributed by atoms with Gasteiger partial charge in [0.2, 0.25) is 0 Å².